The normalized spacial score (nSPS) is 12.7. The molecule has 0 unspecified atom stereocenters. The first-order valence-corrected chi connectivity index (χ1v) is 7.69. The van der Waals surface area contributed by atoms with Crippen LogP contribution in [0.2, 0.25) is 0 Å². The molecule has 130 valence electrons. The molecule has 0 bridgehead atoms. The van der Waals surface area contributed by atoms with Crippen molar-refractivity contribution >= 4 is 6.09 Å². The van der Waals surface area contributed by atoms with E-state index < -0.39 is 17.7 Å². The summed E-state index contributed by atoms with van der Waals surface area (Å²) in [5.41, 5.74) is -0.779. The number of carbonyl (C=O) groups is 1. The number of ether oxygens (including phenoxy) is 1. The first-order chi connectivity index (χ1) is 11.2. The van der Waals surface area contributed by atoms with Crippen molar-refractivity contribution in [1.29, 1.82) is 0 Å². The Morgan fingerprint density at radius 1 is 1.38 bits per heavy atom. The third-order valence-corrected chi connectivity index (χ3v) is 3.06. The van der Waals surface area contributed by atoms with Gasteiger partial charge in [-0.2, -0.15) is 9.78 Å². The van der Waals surface area contributed by atoms with Gasteiger partial charge in [-0.3, -0.25) is 4.79 Å². The first-order valence-electron chi connectivity index (χ1n) is 7.69. The summed E-state index contributed by atoms with van der Waals surface area (Å²) in [4.78, 5) is 27.7. The molecule has 2 aromatic heterocycles. The number of aryl methyl sites for hydroxylation is 1. The van der Waals surface area contributed by atoms with Crippen LogP contribution in [0.5, 0.6) is 0 Å². The molecule has 0 radical (unpaired) electrons. The van der Waals surface area contributed by atoms with E-state index in [1.165, 1.54) is 21.8 Å². The third-order valence-electron chi connectivity index (χ3n) is 3.06. The largest absolute Gasteiger partial charge is 0.444 e. The van der Waals surface area contributed by atoms with E-state index in [0.717, 1.165) is 0 Å². The summed E-state index contributed by atoms with van der Waals surface area (Å²) < 4.78 is 8.04. The fourth-order valence-electron chi connectivity index (χ4n) is 2.05. The minimum Gasteiger partial charge on any atom is -0.444 e. The van der Waals surface area contributed by atoms with Gasteiger partial charge in [0.15, 0.2) is 11.6 Å². The Morgan fingerprint density at radius 3 is 2.71 bits per heavy atom. The molecule has 9 heteroatoms. The molecular weight excluding hydrogens is 312 g/mol. The first kappa shape index (κ1) is 17.6. The number of rotatable bonds is 4. The molecular formula is C15H22N6O3. The lowest BCUT2D eigenvalue weighted by atomic mass is 10.2. The number of hydrogen-bond donors (Lipinski definition) is 1. The SMILES string of the molecule is CCn1nc(-n2ncnc2[C@H](C)NC(=O)OC(C)(C)C)ccc1=O. The van der Waals surface area contributed by atoms with Gasteiger partial charge in [-0.25, -0.2) is 14.5 Å². The van der Waals surface area contributed by atoms with E-state index in [0.29, 0.717) is 18.2 Å². The van der Waals surface area contributed by atoms with Gasteiger partial charge in [0.05, 0.1) is 6.04 Å². The number of aromatic nitrogens is 5. The number of amides is 1. The summed E-state index contributed by atoms with van der Waals surface area (Å²) in [7, 11) is 0. The second-order valence-electron chi connectivity index (χ2n) is 6.24. The molecule has 1 N–H and O–H groups in total. The van der Waals surface area contributed by atoms with Gasteiger partial charge in [0.2, 0.25) is 0 Å². The molecule has 0 aliphatic heterocycles. The van der Waals surface area contributed by atoms with Gasteiger partial charge in [0.25, 0.3) is 5.56 Å². The number of nitrogens with one attached hydrogen (secondary N) is 1. The maximum atomic E-state index is 11.9. The maximum Gasteiger partial charge on any atom is 0.408 e. The van der Waals surface area contributed by atoms with E-state index in [9.17, 15) is 9.59 Å². The molecule has 9 nitrogen and oxygen atoms in total. The molecule has 2 rings (SSSR count). The number of alkyl carbamates (subject to hydrolysis) is 1. The van der Waals surface area contributed by atoms with E-state index in [-0.39, 0.29) is 5.56 Å². The van der Waals surface area contributed by atoms with Crippen molar-refractivity contribution in [2.24, 2.45) is 0 Å². The molecule has 0 saturated carbocycles. The summed E-state index contributed by atoms with van der Waals surface area (Å²) in [6, 6.07) is 2.53. The zero-order valence-corrected chi connectivity index (χ0v) is 14.5. The smallest absolute Gasteiger partial charge is 0.408 e. The van der Waals surface area contributed by atoms with Crippen LogP contribution in [-0.4, -0.2) is 36.2 Å². The van der Waals surface area contributed by atoms with Crippen LogP contribution in [-0.2, 0) is 11.3 Å². The monoisotopic (exact) mass is 334 g/mol. The predicted octanol–water partition coefficient (Wildman–Crippen LogP) is 1.43. The molecule has 0 fully saturated rings. The number of hydrogen-bond acceptors (Lipinski definition) is 6. The minimum atomic E-state index is -0.588. The Bertz CT molecular complexity index is 774. The second kappa shape index (κ2) is 6.81. The van der Waals surface area contributed by atoms with Gasteiger partial charge in [-0.15, -0.1) is 5.10 Å². The Labute approximate surface area is 139 Å². The Hall–Kier alpha value is -2.71. The van der Waals surface area contributed by atoms with E-state index in [2.05, 4.69) is 20.5 Å². The zero-order chi connectivity index (χ0) is 17.9. The van der Waals surface area contributed by atoms with Gasteiger partial charge in [-0.1, -0.05) is 0 Å². The maximum absolute atomic E-state index is 11.9. The standard InChI is InChI=1S/C15H22N6O3/c1-6-20-12(22)8-7-11(19-20)21-13(16-9-17-21)10(2)18-14(23)24-15(3,4)5/h7-10H,6H2,1-5H3,(H,18,23)/t10-/m0/s1. The van der Waals surface area contributed by atoms with Gasteiger partial charge in [0.1, 0.15) is 11.9 Å². The minimum absolute atomic E-state index is 0.192. The van der Waals surface area contributed by atoms with Crippen LogP contribution < -0.4 is 10.9 Å². The average molecular weight is 334 g/mol. The van der Waals surface area contributed by atoms with E-state index in [1.807, 2.05) is 6.92 Å². The Morgan fingerprint density at radius 2 is 2.08 bits per heavy atom. The van der Waals surface area contributed by atoms with Gasteiger partial charge in [0, 0.05) is 12.6 Å². The summed E-state index contributed by atoms with van der Waals surface area (Å²) in [6.45, 7) is 9.41. The van der Waals surface area contributed by atoms with Crippen LogP contribution in [0.4, 0.5) is 4.79 Å². The van der Waals surface area contributed by atoms with Crippen LogP contribution in [0.3, 0.4) is 0 Å². The quantitative estimate of drug-likeness (QED) is 0.907. The molecule has 0 spiro atoms. The van der Waals surface area contributed by atoms with E-state index in [4.69, 9.17) is 4.74 Å². The highest BCUT2D eigenvalue weighted by atomic mass is 16.6. The fraction of sp³-hybridized carbons (Fsp3) is 0.533. The van der Waals surface area contributed by atoms with Crippen molar-refractivity contribution in [2.45, 2.75) is 52.8 Å². The Balaban J connectivity index is 2.24. The van der Waals surface area contributed by atoms with Gasteiger partial charge in [-0.05, 0) is 40.7 Å². The van der Waals surface area contributed by atoms with Crippen molar-refractivity contribution in [3.05, 3.63) is 34.6 Å². The summed E-state index contributed by atoms with van der Waals surface area (Å²) in [6.07, 6.45) is 0.821. The molecule has 1 atom stereocenters. The highest BCUT2D eigenvalue weighted by Gasteiger charge is 2.21. The molecule has 2 heterocycles. The van der Waals surface area contributed by atoms with Crippen molar-refractivity contribution in [2.75, 3.05) is 0 Å². The zero-order valence-electron chi connectivity index (χ0n) is 14.5. The van der Waals surface area contributed by atoms with Crippen LogP contribution in [0.25, 0.3) is 5.82 Å². The number of nitrogens with zero attached hydrogens (tertiary/aromatic N) is 5. The lowest BCUT2D eigenvalue weighted by Crippen LogP contribution is -2.35. The summed E-state index contributed by atoms with van der Waals surface area (Å²) in [5.74, 6) is 0.927. The molecule has 1 amide bonds. The van der Waals surface area contributed by atoms with Crippen molar-refractivity contribution < 1.29 is 9.53 Å². The van der Waals surface area contributed by atoms with E-state index >= 15 is 0 Å². The van der Waals surface area contributed by atoms with Crippen molar-refractivity contribution in [1.82, 2.24) is 29.9 Å². The van der Waals surface area contributed by atoms with Crippen LogP contribution in [0, 0.1) is 0 Å². The average Bonchev–Trinajstić information content (AvgIpc) is 2.95. The van der Waals surface area contributed by atoms with Crippen LogP contribution >= 0.6 is 0 Å². The molecule has 24 heavy (non-hydrogen) atoms. The van der Waals surface area contributed by atoms with Gasteiger partial charge >= 0.3 is 6.09 Å². The summed E-state index contributed by atoms with van der Waals surface area (Å²) in [5, 5.41) is 11.1. The third kappa shape index (κ3) is 4.18. The molecule has 0 saturated heterocycles. The highest BCUT2D eigenvalue weighted by molar-refractivity contribution is 5.68. The topological polar surface area (TPSA) is 104 Å². The lowest BCUT2D eigenvalue weighted by molar-refractivity contribution is 0.0505. The molecule has 2 aromatic rings. The van der Waals surface area contributed by atoms with Crippen molar-refractivity contribution in [3.8, 4) is 5.82 Å². The predicted molar refractivity (Wildman–Crippen MR) is 86.9 cm³/mol. The van der Waals surface area contributed by atoms with Crippen molar-refractivity contribution in [3.63, 3.8) is 0 Å². The fourth-order valence-corrected chi connectivity index (χ4v) is 2.05. The molecule has 0 aromatic carbocycles. The van der Waals surface area contributed by atoms with Gasteiger partial charge < -0.3 is 10.1 Å². The van der Waals surface area contributed by atoms with E-state index in [1.54, 1.807) is 33.8 Å². The Kier molecular flexibility index (Phi) is 5.01. The van der Waals surface area contributed by atoms with Crippen LogP contribution in [0.1, 0.15) is 46.5 Å². The number of carbonyl (C=O) groups excluding carboxylic acids is 1. The highest BCUT2D eigenvalue weighted by Crippen LogP contribution is 2.14. The lowest BCUT2D eigenvalue weighted by Gasteiger charge is -2.21. The summed E-state index contributed by atoms with van der Waals surface area (Å²) >= 11 is 0. The second-order valence-corrected chi connectivity index (χ2v) is 6.24. The molecule has 0 aliphatic rings. The molecule has 0 aliphatic carbocycles. The van der Waals surface area contributed by atoms with Crippen LogP contribution in [0.15, 0.2) is 23.3 Å².